The van der Waals surface area contributed by atoms with E-state index in [9.17, 15) is 14.4 Å². The Morgan fingerprint density at radius 1 is 1.06 bits per heavy atom. The van der Waals surface area contributed by atoms with E-state index < -0.39 is 12.6 Å². The molecule has 2 aliphatic rings. The number of hydrogen-bond donors (Lipinski definition) is 1. The predicted octanol–water partition coefficient (Wildman–Crippen LogP) is 1.62. The first kappa shape index (κ1) is 22.2. The Balaban J connectivity index is 1.58. The Bertz CT molecular complexity index is 1080. The zero-order chi connectivity index (χ0) is 22.8. The Hall–Kier alpha value is -2.97. The average molecular weight is 440 g/mol. The molecule has 0 saturated carbocycles. The predicted molar refractivity (Wildman–Crippen MR) is 119 cm³/mol. The summed E-state index contributed by atoms with van der Waals surface area (Å²) in [6, 6.07) is 12.0. The molecule has 0 spiro atoms. The quantitative estimate of drug-likeness (QED) is 0.705. The molecule has 32 heavy (non-hydrogen) atoms. The zero-order valence-corrected chi connectivity index (χ0v) is 18.5. The maximum absolute atomic E-state index is 13.5. The van der Waals surface area contributed by atoms with Crippen molar-refractivity contribution in [3.63, 3.8) is 0 Å². The summed E-state index contributed by atoms with van der Waals surface area (Å²) in [6.45, 7) is 1.68. The summed E-state index contributed by atoms with van der Waals surface area (Å²) >= 11 is 0. The number of aromatic nitrogens is 1. The number of hydrogen-bond acceptors (Lipinski definition) is 5. The van der Waals surface area contributed by atoms with Gasteiger partial charge in [0.05, 0.1) is 0 Å². The lowest BCUT2D eigenvalue weighted by atomic mass is 9.82. The van der Waals surface area contributed by atoms with Crippen molar-refractivity contribution in [3.8, 4) is 11.1 Å². The van der Waals surface area contributed by atoms with Gasteiger partial charge < -0.3 is 24.2 Å². The molecule has 1 N–H and O–H groups in total. The van der Waals surface area contributed by atoms with Gasteiger partial charge in [-0.15, -0.1) is 0 Å². The van der Waals surface area contributed by atoms with Crippen molar-refractivity contribution >= 4 is 11.9 Å². The van der Waals surface area contributed by atoms with Gasteiger partial charge >= 0.3 is 5.97 Å². The van der Waals surface area contributed by atoms with E-state index in [1.807, 2.05) is 49.0 Å². The topological polar surface area (TPSA) is 92.1 Å². The molecule has 3 heterocycles. The summed E-state index contributed by atoms with van der Waals surface area (Å²) < 4.78 is 6.87. The molecule has 2 aromatic rings. The lowest BCUT2D eigenvalue weighted by Crippen LogP contribution is -2.50. The minimum atomic E-state index is -1.09. The Kier molecular flexibility index (Phi) is 6.43. The van der Waals surface area contributed by atoms with Gasteiger partial charge in [-0.25, -0.2) is 4.79 Å². The van der Waals surface area contributed by atoms with Crippen LogP contribution in [-0.2, 0) is 27.4 Å². The number of aliphatic carboxylic acids is 1. The van der Waals surface area contributed by atoms with Crippen molar-refractivity contribution in [2.45, 2.75) is 25.4 Å². The third-order valence-electron chi connectivity index (χ3n) is 6.20. The third kappa shape index (κ3) is 4.61. The molecule has 4 rings (SSSR count). The number of amides is 1. The second kappa shape index (κ2) is 9.26. The van der Waals surface area contributed by atoms with Crippen molar-refractivity contribution in [1.82, 2.24) is 14.4 Å². The van der Waals surface area contributed by atoms with Crippen LogP contribution in [-0.4, -0.2) is 71.7 Å². The van der Waals surface area contributed by atoms with Crippen molar-refractivity contribution in [1.29, 1.82) is 0 Å². The van der Waals surface area contributed by atoms with Crippen LogP contribution in [0, 0.1) is 5.92 Å². The van der Waals surface area contributed by atoms with Gasteiger partial charge in [-0.3, -0.25) is 9.59 Å². The molecule has 8 nitrogen and oxygen atoms in total. The van der Waals surface area contributed by atoms with Crippen molar-refractivity contribution in [2.24, 2.45) is 5.92 Å². The largest absolute Gasteiger partial charge is 0.480 e. The van der Waals surface area contributed by atoms with Gasteiger partial charge in [-0.1, -0.05) is 24.3 Å². The molecule has 0 aliphatic carbocycles. The number of rotatable bonds is 7. The van der Waals surface area contributed by atoms with Crippen LogP contribution in [0.1, 0.15) is 23.6 Å². The van der Waals surface area contributed by atoms with Gasteiger partial charge in [0, 0.05) is 43.4 Å². The van der Waals surface area contributed by atoms with E-state index in [1.165, 1.54) is 0 Å². The van der Waals surface area contributed by atoms with Crippen LogP contribution in [0.5, 0.6) is 0 Å². The molecule has 1 amide bonds. The number of benzene rings is 1. The first-order chi connectivity index (χ1) is 15.3. The number of piperidine rings is 1. The number of pyridine rings is 1. The Morgan fingerprint density at radius 3 is 2.59 bits per heavy atom. The molecule has 2 bridgehead atoms. The maximum Gasteiger partial charge on any atom is 0.329 e. The van der Waals surface area contributed by atoms with Gasteiger partial charge in [0.1, 0.15) is 13.2 Å². The third-order valence-corrected chi connectivity index (χ3v) is 6.20. The minimum absolute atomic E-state index is 0.0213. The van der Waals surface area contributed by atoms with Gasteiger partial charge in [-0.2, -0.15) is 0 Å². The number of carboxylic acid groups (broad SMARTS) is 1. The smallest absolute Gasteiger partial charge is 0.329 e. The summed E-state index contributed by atoms with van der Waals surface area (Å²) in [5.41, 5.74) is 3.77. The molecule has 1 aromatic heterocycles. The lowest BCUT2D eigenvalue weighted by Gasteiger charge is -2.43. The van der Waals surface area contributed by atoms with E-state index in [1.54, 1.807) is 4.90 Å². The molecule has 8 heteroatoms. The fraction of sp³-hybridized carbons (Fsp3) is 0.458. The van der Waals surface area contributed by atoms with Crippen LogP contribution in [0.2, 0.25) is 0 Å². The molecule has 1 aromatic carbocycles. The van der Waals surface area contributed by atoms with Crippen LogP contribution < -0.4 is 5.56 Å². The summed E-state index contributed by atoms with van der Waals surface area (Å²) in [4.78, 5) is 40.4. The van der Waals surface area contributed by atoms with E-state index >= 15 is 0 Å². The van der Waals surface area contributed by atoms with Crippen LogP contribution in [0.25, 0.3) is 11.1 Å². The fourth-order valence-electron chi connectivity index (χ4n) is 4.93. The highest BCUT2D eigenvalue weighted by atomic mass is 16.5. The molecule has 170 valence electrons. The molecule has 2 atom stereocenters. The molecular weight excluding hydrogens is 410 g/mol. The average Bonchev–Trinajstić information content (AvgIpc) is 2.74. The van der Waals surface area contributed by atoms with Gasteiger partial charge in [0.15, 0.2) is 0 Å². The normalized spacial score (nSPS) is 19.7. The van der Waals surface area contributed by atoms with Crippen molar-refractivity contribution < 1.29 is 19.4 Å². The first-order valence-electron chi connectivity index (χ1n) is 10.9. The molecule has 2 unspecified atom stereocenters. The standard InChI is InChI=1S/C24H29N3O5/c1-25(2)12-17-5-3-4-6-19(17)20-7-8-21-18-9-16(11-27(21)24(20)31)10-26(13-18)22(28)14-32-15-23(29)30/h3-8,16,18H,9-15H2,1-2H3,(H,29,30). The zero-order valence-electron chi connectivity index (χ0n) is 18.5. The lowest BCUT2D eigenvalue weighted by molar-refractivity contribution is -0.146. The van der Waals surface area contributed by atoms with Crippen LogP contribution in [0.4, 0.5) is 0 Å². The Labute approximate surface area is 187 Å². The second-order valence-electron chi connectivity index (χ2n) is 8.97. The summed E-state index contributed by atoms with van der Waals surface area (Å²) in [7, 11) is 4.02. The summed E-state index contributed by atoms with van der Waals surface area (Å²) in [6.07, 6.45) is 0.940. The van der Waals surface area contributed by atoms with E-state index in [4.69, 9.17) is 9.84 Å². The highest BCUT2D eigenvalue weighted by molar-refractivity contribution is 5.78. The second-order valence-corrected chi connectivity index (χ2v) is 8.97. The van der Waals surface area contributed by atoms with Gasteiger partial charge in [-0.05, 0) is 49.7 Å². The van der Waals surface area contributed by atoms with Gasteiger partial charge in [0.2, 0.25) is 5.91 Å². The fourth-order valence-corrected chi connectivity index (χ4v) is 4.93. The van der Waals surface area contributed by atoms with Crippen LogP contribution >= 0.6 is 0 Å². The first-order valence-corrected chi connectivity index (χ1v) is 10.9. The molecular formula is C24H29N3O5. The van der Waals surface area contributed by atoms with Crippen molar-refractivity contribution in [3.05, 3.63) is 58.0 Å². The number of nitrogens with zero attached hydrogens (tertiary/aromatic N) is 3. The summed E-state index contributed by atoms with van der Waals surface area (Å²) in [5, 5.41) is 8.68. The van der Waals surface area contributed by atoms with Crippen LogP contribution in [0.3, 0.4) is 0 Å². The van der Waals surface area contributed by atoms with Crippen LogP contribution in [0.15, 0.2) is 41.2 Å². The van der Waals surface area contributed by atoms with Crippen molar-refractivity contribution in [2.75, 3.05) is 40.4 Å². The minimum Gasteiger partial charge on any atom is -0.480 e. The highest BCUT2D eigenvalue weighted by Crippen LogP contribution is 2.36. The number of carbonyl (C=O) groups excluding carboxylic acids is 1. The van der Waals surface area contributed by atoms with E-state index in [0.717, 1.165) is 29.8 Å². The molecule has 2 aliphatic heterocycles. The molecule has 1 fully saturated rings. The monoisotopic (exact) mass is 439 g/mol. The molecule has 1 saturated heterocycles. The number of carboxylic acids is 1. The number of carbonyl (C=O) groups is 2. The van der Waals surface area contributed by atoms with E-state index in [2.05, 4.69) is 11.0 Å². The maximum atomic E-state index is 13.5. The molecule has 0 radical (unpaired) electrons. The number of ether oxygens (including phenoxy) is 1. The highest BCUT2D eigenvalue weighted by Gasteiger charge is 2.36. The number of fused-ring (bicyclic) bond motifs is 4. The van der Waals surface area contributed by atoms with E-state index in [0.29, 0.717) is 25.2 Å². The van der Waals surface area contributed by atoms with E-state index in [-0.39, 0.29) is 29.9 Å². The summed E-state index contributed by atoms with van der Waals surface area (Å²) in [5.74, 6) is -1.02. The Morgan fingerprint density at radius 2 is 1.84 bits per heavy atom. The van der Waals surface area contributed by atoms with Gasteiger partial charge in [0.25, 0.3) is 5.56 Å². The number of likely N-dealkylation sites (tertiary alicyclic amines) is 1. The SMILES string of the molecule is CN(C)Cc1ccccc1-c1ccc2n(c1=O)CC1CC2CN(C(=O)COCC(=O)O)C1.